The molecule has 0 unspecified atom stereocenters. The Balaban J connectivity index is 2.31. The Morgan fingerprint density at radius 1 is 1.83 bits per heavy atom. The lowest BCUT2D eigenvalue weighted by Gasteiger charge is -1.68. The third kappa shape index (κ3) is 0.408. The van der Waals surface area contributed by atoms with E-state index in [1.807, 2.05) is 0 Å². The van der Waals surface area contributed by atoms with Gasteiger partial charge in [-0.1, -0.05) is 6.92 Å². The van der Waals surface area contributed by atoms with Crippen LogP contribution in [0.4, 0.5) is 0 Å². The molecule has 0 heterocycles. The lowest BCUT2D eigenvalue weighted by Crippen LogP contribution is -1.63. The van der Waals surface area contributed by atoms with Gasteiger partial charge in [-0.05, 0) is 12.3 Å². The van der Waals surface area contributed by atoms with Crippen molar-refractivity contribution in [1.29, 1.82) is 0 Å². The van der Waals surface area contributed by atoms with Crippen LogP contribution in [0.3, 0.4) is 0 Å². The van der Waals surface area contributed by atoms with E-state index in [4.69, 9.17) is 6.42 Å². The molecular weight excluding hydrogens is 72.1 g/mol. The number of terminal acetylenes is 1. The summed E-state index contributed by atoms with van der Waals surface area (Å²) in [5, 5.41) is 0. The first kappa shape index (κ1) is 3.74. The summed E-state index contributed by atoms with van der Waals surface area (Å²) in [6, 6.07) is 0. The first-order valence-electron chi connectivity index (χ1n) is 2.30. The van der Waals surface area contributed by atoms with Crippen LogP contribution < -0.4 is 0 Å². The highest BCUT2D eigenvalue weighted by Gasteiger charge is 2.29. The van der Waals surface area contributed by atoms with Gasteiger partial charge in [-0.2, -0.15) is 0 Å². The molecule has 6 heavy (non-hydrogen) atoms. The summed E-state index contributed by atoms with van der Waals surface area (Å²) in [5.41, 5.74) is 0. The van der Waals surface area contributed by atoms with Gasteiger partial charge in [0.25, 0.3) is 0 Å². The highest BCUT2D eigenvalue weighted by Crippen LogP contribution is 2.36. The van der Waals surface area contributed by atoms with Gasteiger partial charge < -0.3 is 0 Å². The van der Waals surface area contributed by atoms with Crippen LogP contribution in [0.5, 0.6) is 0 Å². The lowest BCUT2D eigenvalue weighted by atomic mass is 10.4. The lowest BCUT2D eigenvalue weighted by molar-refractivity contribution is 0.918. The van der Waals surface area contributed by atoms with E-state index < -0.39 is 0 Å². The molecule has 1 aliphatic rings. The molecular formula is C6H8. The Bertz CT molecular complexity index is 86.7. The molecule has 0 amide bonds. The van der Waals surface area contributed by atoms with E-state index in [-0.39, 0.29) is 0 Å². The SMILES string of the molecule is C#C[C@@H]1C[C@H]1C. The maximum Gasteiger partial charge on any atom is 0.0229 e. The van der Waals surface area contributed by atoms with Crippen molar-refractivity contribution in [1.82, 2.24) is 0 Å². The average molecular weight is 80.1 g/mol. The summed E-state index contributed by atoms with van der Waals surface area (Å²) >= 11 is 0. The van der Waals surface area contributed by atoms with E-state index in [0.717, 1.165) is 5.92 Å². The van der Waals surface area contributed by atoms with E-state index in [2.05, 4.69) is 12.8 Å². The van der Waals surface area contributed by atoms with Gasteiger partial charge in [-0.3, -0.25) is 0 Å². The summed E-state index contributed by atoms with van der Waals surface area (Å²) in [5.74, 6) is 4.15. The van der Waals surface area contributed by atoms with Crippen molar-refractivity contribution in [2.45, 2.75) is 13.3 Å². The molecule has 32 valence electrons. The maximum atomic E-state index is 5.07. The Morgan fingerprint density at radius 2 is 2.33 bits per heavy atom. The van der Waals surface area contributed by atoms with Gasteiger partial charge >= 0.3 is 0 Å². The van der Waals surface area contributed by atoms with Gasteiger partial charge in [-0.15, -0.1) is 12.3 Å². The zero-order chi connectivity index (χ0) is 4.57. The topological polar surface area (TPSA) is 0 Å². The van der Waals surface area contributed by atoms with Crippen LogP contribution in [0.1, 0.15) is 13.3 Å². The second-order valence-electron chi connectivity index (χ2n) is 1.99. The molecule has 0 aromatic heterocycles. The molecule has 0 heteroatoms. The van der Waals surface area contributed by atoms with Gasteiger partial charge in [0.15, 0.2) is 0 Å². The quantitative estimate of drug-likeness (QED) is 0.384. The molecule has 0 aliphatic heterocycles. The standard InChI is InChI=1S/C6H8/c1-3-6-4-5(6)2/h1,5-6H,4H2,2H3/t5-,6-/m1/s1. The van der Waals surface area contributed by atoms with Crippen molar-refractivity contribution in [3.05, 3.63) is 0 Å². The van der Waals surface area contributed by atoms with E-state index in [1.165, 1.54) is 6.42 Å². The summed E-state index contributed by atoms with van der Waals surface area (Å²) < 4.78 is 0. The maximum absolute atomic E-state index is 5.07. The fourth-order valence-corrected chi connectivity index (χ4v) is 0.554. The highest BCUT2D eigenvalue weighted by atomic mass is 14.3. The molecule has 1 rings (SSSR count). The molecule has 0 spiro atoms. The summed E-state index contributed by atoms with van der Waals surface area (Å²) in [4.78, 5) is 0. The molecule has 1 aliphatic carbocycles. The Hall–Kier alpha value is -0.440. The van der Waals surface area contributed by atoms with Gasteiger partial charge in [0.05, 0.1) is 0 Å². The third-order valence-corrected chi connectivity index (χ3v) is 1.32. The molecule has 2 atom stereocenters. The smallest absolute Gasteiger partial charge is 0.0229 e. The number of hydrogen-bond acceptors (Lipinski definition) is 0. The molecule has 1 fully saturated rings. The van der Waals surface area contributed by atoms with Crippen LogP contribution >= 0.6 is 0 Å². The molecule has 0 N–H and O–H groups in total. The van der Waals surface area contributed by atoms with Gasteiger partial charge in [0.1, 0.15) is 0 Å². The molecule has 0 aromatic rings. The van der Waals surface area contributed by atoms with Crippen LogP contribution in [0.2, 0.25) is 0 Å². The third-order valence-electron chi connectivity index (χ3n) is 1.32. The first-order valence-corrected chi connectivity index (χ1v) is 2.30. The zero-order valence-electron chi connectivity index (χ0n) is 3.94. The van der Waals surface area contributed by atoms with E-state index in [1.54, 1.807) is 0 Å². The second kappa shape index (κ2) is 1.01. The zero-order valence-corrected chi connectivity index (χ0v) is 3.94. The minimum Gasteiger partial charge on any atom is -0.120 e. The van der Waals surface area contributed by atoms with Crippen molar-refractivity contribution >= 4 is 0 Å². The van der Waals surface area contributed by atoms with Crippen LogP contribution in [0.25, 0.3) is 0 Å². The fraction of sp³-hybridized carbons (Fsp3) is 0.667. The van der Waals surface area contributed by atoms with E-state index in [0.29, 0.717) is 5.92 Å². The van der Waals surface area contributed by atoms with Crippen molar-refractivity contribution < 1.29 is 0 Å². The predicted octanol–water partition coefficient (Wildman–Crippen LogP) is 1.28. The summed E-state index contributed by atoms with van der Waals surface area (Å²) in [6.45, 7) is 2.19. The van der Waals surface area contributed by atoms with Crippen LogP contribution in [0, 0.1) is 24.2 Å². The van der Waals surface area contributed by atoms with Crippen molar-refractivity contribution in [2.75, 3.05) is 0 Å². The Kier molecular flexibility index (Phi) is 0.630. The van der Waals surface area contributed by atoms with Crippen molar-refractivity contribution in [2.24, 2.45) is 11.8 Å². The van der Waals surface area contributed by atoms with Crippen LogP contribution in [0.15, 0.2) is 0 Å². The summed E-state index contributed by atoms with van der Waals surface area (Å²) in [6.07, 6.45) is 6.33. The average Bonchev–Trinajstić information content (AvgIpc) is 2.19. The second-order valence-corrected chi connectivity index (χ2v) is 1.99. The first-order chi connectivity index (χ1) is 2.84. The minimum atomic E-state index is 0.630. The fourth-order valence-electron chi connectivity index (χ4n) is 0.554. The van der Waals surface area contributed by atoms with E-state index >= 15 is 0 Å². The van der Waals surface area contributed by atoms with E-state index in [9.17, 15) is 0 Å². The Labute approximate surface area is 38.6 Å². The molecule has 0 bridgehead atoms. The molecule has 0 nitrogen and oxygen atoms in total. The van der Waals surface area contributed by atoms with Gasteiger partial charge in [0, 0.05) is 5.92 Å². The largest absolute Gasteiger partial charge is 0.120 e. The monoisotopic (exact) mass is 80.1 g/mol. The molecule has 1 saturated carbocycles. The summed E-state index contributed by atoms with van der Waals surface area (Å²) in [7, 11) is 0. The normalized spacial score (nSPS) is 41.3. The van der Waals surface area contributed by atoms with Crippen molar-refractivity contribution in [3.63, 3.8) is 0 Å². The number of hydrogen-bond donors (Lipinski definition) is 0. The van der Waals surface area contributed by atoms with Crippen LogP contribution in [-0.4, -0.2) is 0 Å². The predicted molar refractivity (Wildman–Crippen MR) is 26.1 cm³/mol. The van der Waals surface area contributed by atoms with Gasteiger partial charge in [0.2, 0.25) is 0 Å². The minimum absolute atomic E-state index is 0.630. The molecule has 0 saturated heterocycles. The molecule has 0 radical (unpaired) electrons. The van der Waals surface area contributed by atoms with Crippen molar-refractivity contribution in [3.8, 4) is 12.3 Å². The highest BCUT2D eigenvalue weighted by molar-refractivity contribution is 5.05. The molecule has 0 aromatic carbocycles. The van der Waals surface area contributed by atoms with Crippen LogP contribution in [-0.2, 0) is 0 Å². The number of rotatable bonds is 0. The Morgan fingerprint density at radius 3 is 2.33 bits per heavy atom. The van der Waals surface area contributed by atoms with Gasteiger partial charge in [-0.25, -0.2) is 0 Å².